The van der Waals surface area contributed by atoms with Gasteiger partial charge in [0.05, 0.1) is 23.9 Å². The molecule has 1 N–H and O–H groups in total. The molecule has 0 fully saturated rings. The fourth-order valence-electron chi connectivity index (χ4n) is 1.92. The molecule has 0 spiro atoms. The summed E-state index contributed by atoms with van der Waals surface area (Å²) in [5.41, 5.74) is 1.45. The number of rotatable bonds is 5. The lowest BCUT2D eigenvalue weighted by Gasteiger charge is -2.20. The number of fused-ring (bicyclic) bond motifs is 1. The van der Waals surface area contributed by atoms with Gasteiger partial charge in [-0.3, -0.25) is 9.89 Å². The number of carbonyl (C=O) groups excluding carboxylic acids is 1. The van der Waals surface area contributed by atoms with E-state index in [9.17, 15) is 4.79 Å². The minimum absolute atomic E-state index is 0.00407. The van der Waals surface area contributed by atoms with Crippen molar-refractivity contribution in [2.24, 2.45) is 0 Å². The summed E-state index contributed by atoms with van der Waals surface area (Å²) in [6.07, 6.45) is 1.72. The van der Waals surface area contributed by atoms with E-state index >= 15 is 0 Å². The summed E-state index contributed by atoms with van der Waals surface area (Å²) in [4.78, 5) is 14.2. The predicted octanol–water partition coefficient (Wildman–Crippen LogP) is 1.67. The first kappa shape index (κ1) is 12.6. The van der Waals surface area contributed by atoms with Gasteiger partial charge in [-0.1, -0.05) is 12.1 Å². The lowest BCUT2D eigenvalue weighted by Crippen LogP contribution is -2.33. The Hall–Kier alpha value is -1.88. The summed E-state index contributed by atoms with van der Waals surface area (Å²) in [6, 6.07) is 5.62. The Bertz CT molecular complexity index is 536. The van der Waals surface area contributed by atoms with Crippen LogP contribution in [0.1, 0.15) is 17.3 Å². The largest absolute Gasteiger partial charge is 0.383 e. The molecule has 1 amide bonds. The molecule has 0 unspecified atom stereocenters. The summed E-state index contributed by atoms with van der Waals surface area (Å²) < 4.78 is 5.02. The molecule has 1 heterocycles. The minimum Gasteiger partial charge on any atom is -0.383 e. The summed E-state index contributed by atoms with van der Waals surface area (Å²) >= 11 is 0. The minimum atomic E-state index is 0.00407. The second-order valence-corrected chi connectivity index (χ2v) is 4.02. The van der Waals surface area contributed by atoms with Crippen LogP contribution in [0.5, 0.6) is 0 Å². The second-order valence-electron chi connectivity index (χ2n) is 4.02. The number of ether oxygens (including phenoxy) is 1. The van der Waals surface area contributed by atoms with Crippen LogP contribution in [0, 0.1) is 0 Å². The normalized spacial score (nSPS) is 10.8. The van der Waals surface area contributed by atoms with Gasteiger partial charge in [-0.2, -0.15) is 5.10 Å². The molecule has 0 aliphatic heterocycles. The van der Waals surface area contributed by atoms with Crippen LogP contribution < -0.4 is 0 Å². The van der Waals surface area contributed by atoms with Crippen molar-refractivity contribution in [1.29, 1.82) is 0 Å². The smallest absolute Gasteiger partial charge is 0.256 e. The summed E-state index contributed by atoms with van der Waals surface area (Å²) in [6.45, 7) is 3.75. The SMILES string of the molecule is CCN(CCOC)C(=O)c1cccc2cn[nH]c12. The lowest BCUT2D eigenvalue weighted by molar-refractivity contribution is 0.0708. The van der Waals surface area contributed by atoms with Gasteiger partial charge in [0.2, 0.25) is 0 Å². The van der Waals surface area contributed by atoms with Gasteiger partial charge >= 0.3 is 0 Å². The highest BCUT2D eigenvalue weighted by Crippen LogP contribution is 2.17. The van der Waals surface area contributed by atoms with Crippen molar-refractivity contribution in [2.75, 3.05) is 26.8 Å². The van der Waals surface area contributed by atoms with Crippen LogP contribution in [0.15, 0.2) is 24.4 Å². The van der Waals surface area contributed by atoms with E-state index in [1.165, 1.54) is 0 Å². The van der Waals surface area contributed by atoms with E-state index in [1.54, 1.807) is 18.2 Å². The van der Waals surface area contributed by atoms with Crippen molar-refractivity contribution in [2.45, 2.75) is 6.92 Å². The zero-order valence-corrected chi connectivity index (χ0v) is 10.6. The van der Waals surface area contributed by atoms with Gasteiger partial charge in [0.15, 0.2) is 0 Å². The molecule has 5 heteroatoms. The molecular weight excluding hydrogens is 230 g/mol. The summed E-state index contributed by atoms with van der Waals surface area (Å²) in [5, 5.41) is 7.79. The van der Waals surface area contributed by atoms with Crippen molar-refractivity contribution >= 4 is 16.8 Å². The Kier molecular flexibility index (Phi) is 3.94. The number of benzene rings is 1. The van der Waals surface area contributed by atoms with Gasteiger partial charge in [0.25, 0.3) is 5.91 Å². The molecule has 0 saturated carbocycles. The molecule has 1 aromatic heterocycles. The molecule has 0 aliphatic rings. The van der Waals surface area contributed by atoms with Crippen molar-refractivity contribution in [3.05, 3.63) is 30.0 Å². The number of likely N-dealkylation sites (N-methyl/N-ethyl adjacent to an activating group) is 1. The van der Waals surface area contributed by atoms with E-state index in [0.29, 0.717) is 25.3 Å². The Balaban J connectivity index is 2.29. The average Bonchev–Trinajstić information content (AvgIpc) is 2.87. The van der Waals surface area contributed by atoms with Crippen LogP contribution in [0.2, 0.25) is 0 Å². The molecule has 18 heavy (non-hydrogen) atoms. The molecule has 0 bridgehead atoms. The van der Waals surface area contributed by atoms with Crippen molar-refractivity contribution < 1.29 is 9.53 Å². The van der Waals surface area contributed by atoms with Crippen molar-refractivity contribution in [3.63, 3.8) is 0 Å². The van der Waals surface area contributed by atoms with Gasteiger partial charge < -0.3 is 9.64 Å². The number of H-pyrrole nitrogens is 1. The number of hydrogen-bond donors (Lipinski definition) is 1. The first-order valence-electron chi connectivity index (χ1n) is 5.98. The number of nitrogens with zero attached hydrogens (tertiary/aromatic N) is 2. The molecule has 96 valence electrons. The van der Waals surface area contributed by atoms with Gasteiger partial charge in [0, 0.05) is 25.6 Å². The van der Waals surface area contributed by atoms with Crippen LogP contribution in [-0.4, -0.2) is 47.8 Å². The number of aromatic nitrogens is 2. The monoisotopic (exact) mass is 247 g/mol. The number of methoxy groups -OCH3 is 1. The summed E-state index contributed by atoms with van der Waals surface area (Å²) in [5.74, 6) is 0.00407. The number of hydrogen-bond acceptors (Lipinski definition) is 3. The van der Waals surface area contributed by atoms with E-state index in [-0.39, 0.29) is 5.91 Å². The third-order valence-electron chi connectivity index (χ3n) is 2.94. The molecule has 5 nitrogen and oxygen atoms in total. The van der Waals surface area contributed by atoms with E-state index in [2.05, 4.69) is 10.2 Å². The predicted molar refractivity (Wildman–Crippen MR) is 69.5 cm³/mol. The van der Waals surface area contributed by atoms with E-state index in [4.69, 9.17) is 4.74 Å². The van der Waals surface area contributed by atoms with E-state index in [0.717, 1.165) is 10.9 Å². The lowest BCUT2D eigenvalue weighted by atomic mass is 10.1. The quantitative estimate of drug-likeness (QED) is 0.874. The zero-order valence-electron chi connectivity index (χ0n) is 10.6. The van der Waals surface area contributed by atoms with Crippen molar-refractivity contribution in [3.8, 4) is 0 Å². The van der Waals surface area contributed by atoms with Gasteiger partial charge in [-0.05, 0) is 13.0 Å². The Morgan fingerprint density at radius 2 is 2.33 bits per heavy atom. The second kappa shape index (κ2) is 5.64. The highest BCUT2D eigenvalue weighted by Gasteiger charge is 2.17. The molecule has 0 aliphatic carbocycles. The van der Waals surface area contributed by atoms with E-state index < -0.39 is 0 Å². The molecule has 1 aromatic carbocycles. The standard InChI is InChI=1S/C13H17N3O2/c1-3-16(7-8-18-2)13(17)11-6-4-5-10-9-14-15-12(10)11/h4-6,9H,3,7-8H2,1-2H3,(H,14,15). The van der Waals surface area contributed by atoms with Gasteiger partial charge in [-0.25, -0.2) is 0 Å². The Morgan fingerprint density at radius 1 is 1.50 bits per heavy atom. The highest BCUT2D eigenvalue weighted by molar-refractivity contribution is 6.05. The number of carbonyl (C=O) groups is 1. The first-order valence-corrected chi connectivity index (χ1v) is 5.98. The maximum Gasteiger partial charge on any atom is 0.256 e. The third kappa shape index (κ3) is 2.36. The zero-order chi connectivity index (χ0) is 13.0. The number of nitrogens with one attached hydrogen (secondary N) is 1. The van der Waals surface area contributed by atoms with E-state index in [1.807, 2.05) is 25.1 Å². The molecule has 0 atom stereocenters. The van der Waals surface area contributed by atoms with Gasteiger partial charge in [0.1, 0.15) is 0 Å². The molecule has 2 rings (SSSR count). The fraction of sp³-hybridized carbons (Fsp3) is 0.385. The average molecular weight is 247 g/mol. The Morgan fingerprint density at radius 3 is 3.06 bits per heavy atom. The van der Waals surface area contributed by atoms with Crippen LogP contribution in [-0.2, 0) is 4.74 Å². The topological polar surface area (TPSA) is 58.2 Å². The van der Waals surface area contributed by atoms with Crippen LogP contribution in [0.3, 0.4) is 0 Å². The Labute approximate surface area is 106 Å². The van der Waals surface area contributed by atoms with Gasteiger partial charge in [-0.15, -0.1) is 0 Å². The summed E-state index contributed by atoms with van der Waals surface area (Å²) in [7, 11) is 1.63. The first-order chi connectivity index (χ1) is 8.77. The van der Waals surface area contributed by atoms with Crippen LogP contribution in [0.4, 0.5) is 0 Å². The number of para-hydroxylation sites is 1. The van der Waals surface area contributed by atoms with Crippen LogP contribution >= 0.6 is 0 Å². The van der Waals surface area contributed by atoms with Crippen molar-refractivity contribution in [1.82, 2.24) is 15.1 Å². The maximum atomic E-state index is 12.4. The fourth-order valence-corrected chi connectivity index (χ4v) is 1.92. The number of aromatic amines is 1. The number of amides is 1. The molecule has 2 aromatic rings. The van der Waals surface area contributed by atoms with Crippen LogP contribution in [0.25, 0.3) is 10.9 Å². The molecule has 0 saturated heterocycles. The highest BCUT2D eigenvalue weighted by atomic mass is 16.5. The maximum absolute atomic E-state index is 12.4. The molecule has 0 radical (unpaired) electrons. The third-order valence-corrected chi connectivity index (χ3v) is 2.94. The molecular formula is C13H17N3O2.